The highest BCUT2D eigenvalue weighted by molar-refractivity contribution is 7.98. The largest absolute Gasteiger partial charge is 0.486 e. The Hall–Kier alpha value is -1.73. The van der Waals surface area contributed by atoms with Gasteiger partial charge in [-0.05, 0) is 24.0 Å². The zero-order valence-electron chi connectivity index (χ0n) is 11.1. The van der Waals surface area contributed by atoms with E-state index in [-0.39, 0.29) is 0 Å². The highest BCUT2D eigenvalue weighted by Gasteiger charge is 2.15. The van der Waals surface area contributed by atoms with Gasteiger partial charge in [0.15, 0.2) is 17.3 Å². The number of ether oxygens (including phenoxy) is 2. The van der Waals surface area contributed by atoms with Crippen molar-refractivity contribution in [2.24, 2.45) is 0 Å². The normalized spacial score (nSPS) is 13.4. The van der Waals surface area contributed by atoms with Crippen LogP contribution in [0.15, 0.2) is 27.9 Å². The summed E-state index contributed by atoms with van der Waals surface area (Å²) in [6, 6.07) is 4.06. The molecule has 1 aliphatic heterocycles. The lowest BCUT2D eigenvalue weighted by atomic mass is 10.2. The van der Waals surface area contributed by atoms with Crippen molar-refractivity contribution >= 4 is 11.8 Å². The van der Waals surface area contributed by atoms with Gasteiger partial charge in [-0.2, -0.15) is 4.98 Å². The van der Waals surface area contributed by atoms with Crippen molar-refractivity contribution in [1.82, 2.24) is 15.5 Å². The Morgan fingerprint density at radius 2 is 2.00 bits per heavy atom. The second-order valence-electron chi connectivity index (χ2n) is 4.26. The fourth-order valence-corrected chi connectivity index (χ4v) is 2.64. The Morgan fingerprint density at radius 3 is 2.70 bits per heavy atom. The lowest BCUT2D eigenvalue weighted by molar-refractivity contribution is 0.171. The molecule has 0 spiro atoms. The minimum atomic E-state index is 0.568. The van der Waals surface area contributed by atoms with Gasteiger partial charge in [0.05, 0.1) is 6.54 Å². The molecule has 0 atom stereocenters. The fraction of sp³-hybridized carbons (Fsp3) is 0.385. The number of nitrogens with zero attached hydrogens (tertiary/aromatic N) is 2. The average molecular weight is 293 g/mol. The summed E-state index contributed by atoms with van der Waals surface area (Å²) in [6.45, 7) is 2.48. The topological polar surface area (TPSA) is 69.4 Å². The van der Waals surface area contributed by atoms with E-state index in [0.717, 1.165) is 11.5 Å². The van der Waals surface area contributed by atoms with Crippen molar-refractivity contribution in [2.75, 3.05) is 19.5 Å². The van der Waals surface area contributed by atoms with Gasteiger partial charge in [-0.25, -0.2) is 0 Å². The first-order chi connectivity index (χ1) is 9.86. The molecule has 1 aliphatic rings. The minimum absolute atomic E-state index is 0.568. The molecule has 0 bridgehead atoms. The molecule has 1 N–H and O–H groups in total. The summed E-state index contributed by atoms with van der Waals surface area (Å²) in [5.41, 5.74) is 1.17. The monoisotopic (exact) mass is 293 g/mol. The second-order valence-corrected chi connectivity index (χ2v) is 5.11. The van der Waals surface area contributed by atoms with Crippen molar-refractivity contribution in [3.8, 4) is 11.5 Å². The second kappa shape index (κ2) is 6.15. The molecular formula is C13H15N3O3S. The summed E-state index contributed by atoms with van der Waals surface area (Å²) in [5, 5.41) is 7.05. The van der Waals surface area contributed by atoms with E-state index in [1.165, 1.54) is 16.9 Å². The Bertz CT molecular complexity index is 574. The van der Waals surface area contributed by atoms with Gasteiger partial charge < -0.3 is 19.3 Å². The summed E-state index contributed by atoms with van der Waals surface area (Å²) in [6.07, 6.45) is 3.38. The Morgan fingerprint density at radius 1 is 1.20 bits per heavy atom. The van der Waals surface area contributed by atoms with Crippen LogP contribution in [0.25, 0.3) is 0 Å². The van der Waals surface area contributed by atoms with Crippen LogP contribution in [-0.2, 0) is 13.1 Å². The van der Waals surface area contributed by atoms with E-state index in [1.54, 1.807) is 11.8 Å². The lowest BCUT2D eigenvalue weighted by Gasteiger charge is -2.20. The zero-order chi connectivity index (χ0) is 13.8. The van der Waals surface area contributed by atoms with Crippen LogP contribution in [0.5, 0.6) is 11.5 Å². The highest BCUT2D eigenvalue weighted by Crippen LogP contribution is 2.36. The summed E-state index contributed by atoms with van der Waals surface area (Å²) >= 11 is 1.69. The Kier molecular flexibility index (Phi) is 4.08. The summed E-state index contributed by atoms with van der Waals surface area (Å²) in [4.78, 5) is 5.15. The number of rotatable bonds is 5. The molecule has 1 aromatic carbocycles. The molecule has 0 unspecified atom stereocenters. The highest BCUT2D eigenvalue weighted by atomic mass is 32.2. The Labute approximate surface area is 120 Å². The van der Waals surface area contributed by atoms with Gasteiger partial charge in [0.1, 0.15) is 13.2 Å². The van der Waals surface area contributed by atoms with Crippen molar-refractivity contribution < 1.29 is 14.0 Å². The number of aromatic nitrogens is 2. The number of benzene rings is 1. The van der Waals surface area contributed by atoms with Gasteiger partial charge in [0.25, 0.3) is 0 Å². The van der Waals surface area contributed by atoms with E-state index in [4.69, 9.17) is 14.0 Å². The van der Waals surface area contributed by atoms with Crippen molar-refractivity contribution in [2.45, 2.75) is 18.0 Å². The van der Waals surface area contributed by atoms with Gasteiger partial charge in [-0.1, -0.05) is 5.16 Å². The quantitative estimate of drug-likeness (QED) is 0.844. The average Bonchev–Trinajstić information content (AvgIpc) is 3.00. The summed E-state index contributed by atoms with van der Waals surface area (Å²) in [5.74, 6) is 2.28. The Balaban J connectivity index is 1.71. The van der Waals surface area contributed by atoms with Crippen LogP contribution in [0, 0.1) is 0 Å². The summed E-state index contributed by atoms with van der Waals surface area (Å²) < 4.78 is 15.9. The molecule has 1 aromatic heterocycles. The first-order valence-corrected chi connectivity index (χ1v) is 7.52. The number of hydrogen-bond acceptors (Lipinski definition) is 7. The van der Waals surface area contributed by atoms with Gasteiger partial charge in [-0.15, -0.1) is 11.8 Å². The number of thioether (sulfide) groups is 1. The van der Waals surface area contributed by atoms with Gasteiger partial charge >= 0.3 is 0 Å². The number of fused-ring (bicyclic) bond motifs is 1. The lowest BCUT2D eigenvalue weighted by Crippen LogP contribution is -2.17. The van der Waals surface area contributed by atoms with Crippen LogP contribution < -0.4 is 14.8 Å². The van der Waals surface area contributed by atoms with Crippen molar-refractivity contribution in [3.63, 3.8) is 0 Å². The fourth-order valence-electron chi connectivity index (χ4n) is 2.02. The van der Waals surface area contributed by atoms with E-state index >= 15 is 0 Å². The van der Waals surface area contributed by atoms with Crippen molar-refractivity contribution in [3.05, 3.63) is 29.9 Å². The maximum Gasteiger partial charge on any atom is 0.213 e. The molecular weight excluding hydrogens is 278 g/mol. The third-order valence-electron chi connectivity index (χ3n) is 2.95. The third-order valence-corrected chi connectivity index (χ3v) is 3.77. The molecule has 20 heavy (non-hydrogen) atoms. The van der Waals surface area contributed by atoms with E-state index < -0.39 is 0 Å². The molecule has 6 nitrogen and oxygen atoms in total. The number of hydrogen-bond donors (Lipinski definition) is 1. The molecule has 0 saturated heterocycles. The first-order valence-electron chi connectivity index (χ1n) is 6.29. The van der Waals surface area contributed by atoms with Crippen LogP contribution in [0.4, 0.5) is 0 Å². The standard InChI is InChI=1S/C13H15N3O3S/c1-20-12-5-11-10(17-2-3-18-11)4-9(12)6-14-7-13-15-8-19-16-13/h4-5,8,14H,2-3,6-7H2,1H3. The van der Waals surface area contributed by atoms with Crippen LogP contribution in [-0.4, -0.2) is 29.6 Å². The molecule has 106 valence electrons. The summed E-state index contributed by atoms with van der Waals surface area (Å²) in [7, 11) is 0. The van der Waals surface area contributed by atoms with Crippen LogP contribution >= 0.6 is 11.8 Å². The maximum absolute atomic E-state index is 5.61. The molecule has 3 rings (SSSR count). The van der Waals surface area contributed by atoms with Crippen LogP contribution in [0.2, 0.25) is 0 Å². The molecule has 0 amide bonds. The predicted octanol–water partition coefficient (Wildman–Crippen LogP) is 1.85. The van der Waals surface area contributed by atoms with Gasteiger partial charge in [0.2, 0.25) is 6.39 Å². The molecule has 0 fully saturated rings. The molecule has 2 aromatic rings. The van der Waals surface area contributed by atoms with Gasteiger partial charge in [0, 0.05) is 11.4 Å². The van der Waals surface area contributed by atoms with Gasteiger partial charge in [-0.3, -0.25) is 0 Å². The van der Waals surface area contributed by atoms with E-state index in [9.17, 15) is 0 Å². The smallest absolute Gasteiger partial charge is 0.213 e. The molecule has 0 saturated carbocycles. The van der Waals surface area contributed by atoms with E-state index in [1.807, 2.05) is 18.4 Å². The van der Waals surface area contributed by atoms with Crippen LogP contribution in [0.1, 0.15) is 11.4 Å². The SMILES string of the molecule is CSc1cc2c(cc1CNCc1ncon1)OCCO2. The predicted molar refractivity (Wildman–Crippen MR) is 74.1 cm³/mol. The molecule has 0 aliphatic carbocycles. The number of nitrogens with one attached hydrogen (secondary N) is 1. The maximum atomic E-state index is 5.61. The van der Waals surface area contributed by atoms with E-state index in [2.05, 4.69) is 15.5 Å². The molecule has 0 radical (unpaired) electrons. The molecule has 2 heterocycles. The molecule has 7 heteroatoms. The zero-order valence-corrected chi connectivity index (χ0v) is 11.9. The van der Waals surface area contributed by atoms with Crippen LogP contribution in [0.3, 0.4) is 0 Å². The van der Waals surface area contributed by atoms with Crippen molar-refractivity contribution in [1.29, 1.82) is 0 Å². The third kappa shape index (κ3) is 2.88. The van der Waals surface area contributed by atoms with E-state index in [0.29, 0.717) is 32.1 Å². The first kappa shape index (κ1) is 13.3. The minimum Gasteiger partial charge on any atom is -0.486 e.